The van der Waals surface area contributed by atoms with Crippen LogP contribution in [0.1, 0.15) is 32.6 Å². The van der Waals surface area contributed by atoms with Gasteiger partial charge in [-0.3, -0.25) is 28.3 Å². The summed E-state index contributed by atoms with van der Waals surface area (Å²) in [7, 11) is 0. The molecule has 3 rings (SSSR count). The fourth-order valence-electron chi connectivity index (χ4n) is 3.73. The molecule has 34 heavy (non-hydrogen) atoms. The van der Waals surface area contributed by atoms with Gasteiger partial charge in [-0.25, -0.2) is 4.79 Å². The van der Waals surface area contributed by atoms with E-state index in [-0.39, 0.29) is 13.2 Å². The van der Waals surface area contributed by atoms with Crippen LogP contribution in [0.5, 0.6) is 0 Å². The zero-order valence-corrected chi connectivity index (χ0v) is 19.0. The van der Waals surface area contributed by atoms with Crippen LogP contribution in [-0.2, 0) is 46.3 Å². The monoisotopic (exact) mass is 474 g/mol. The molecule has 2 heterocycles. The highest BCUT2D eigenvalue weighted by molar-refractivity contribution is 5.68. The van der Waals surface area contributed by atoms with Gasteiger partial charge in [-0.05, 0) is 12.0 Å². The Morgan fingerprint density at radius 3 is 2.18 bits per heavy atom. The maximum Gasteiger partial charge on any atom is 0.333 e. The molecule has 11 heteroatoms. The number of aryl methyl sites for hydroxylation is 1. The van der Waals surface area contributed by atoms with E-state index < -0.39 is 53.7 Å². The van der Waals surface area contributed by atoms with Crippen molar-refractivity contribution in [3.8, 4) is 0 Å². The Morgan fingerprint density at radius 1 is 0.912 bits per heavy atom. The first-order valence-corrected chi connectivity index (χ1v) is 10.7. The van der Waals surface area contributed by atoms with E-state index >= 15 is 0 Å². The quantitative estimate of drug-likeness (QED) is 0.398. The van der Waals surface area contributed by atoms with Crippen LogP contribution >= 0.6 is 0 Å². The highest BCUT2D eigenvalue weighted by Gasteiger charge is 2.51. The molecule has 0 saturated carbocycles. The molecule has 0 N–H and O–H groups in total. The van der Waals surface area contributed by atoms with Gasteiger partial charge in [-0.2, -0.15) is 0 Å². The van der Waals surface area contributed by atoms with Crippen molar-refractivity contribution in [1.82, 2.24) is 9.13 Å². The summed E-state index contributed by atoms with van der Waals surface area (Å²) in [5.74, 6) is -1.97. The normalized spacial score (nSPS) is 21.6. The van der Waals surface area contributed by atoms with Crippen molar-refractivity contribution in [1.29, 1.82) is 0 Å². The third-order valence-corrected chi connectivity index (χ3v) is 5.18. The summed E-state index contributed by atoms with van der Waals surface area (Å²) in [5, 5.41) is 0. The minimum atomic E-state index is -1.23. The van der Waals surface area contributed by atoms with E-state index in [9.17, 15) is 24.0 Å². The average molecular weight is 474 g/mol. The molecule has 1 aromatic heterocycles. The number of hydrogen-bond acceptors (Lipinski definition) is 9. The Balaban J connectivity index is 1.96. The molecule has 0 amide bonds. The highest BCUT2D eigenvalue weighted by atomic mass is 16.7. The van der Waals surface area contributed by atoms with Gasteiger partial charge in [0.2, 0.25) is 0 Å². The predicted octanol–water partition coefficient (Wildman–Crippen LogP) is 0.577. The minimum absolute atomic E-state index is 0.109. The molecule has 1 aliphatic rings. The lowest BCUT2D eigenvalue weighted by Gasteiger charge is -2.24. The number of benzene rings is 1. The molecule has 2 aromatic rings. The Bertz CT molecular complexity index is 1160. The molecule has 1 fully saturated rings. The van der Waals surface area contributed by atoms with Crippen molar-refractivity contribution < 1.29 is 33.3 Å². The smallest absolute Gasteiger partial charge is 0.333 e. The van der Waals surface area contributed by atoms with Gasteiger partial charge < -0.3 is 18.9 Å². The van der Waals surface area contributed by atoms with Gasteiger partial charge in [-0.15, -0.1) is 0 Å². The van der Waals surface area contributed by atoms with Gasteiger partial charge in [0.05, 0.1) is 0 Å². The number of aromatic nitrogens is 2. The van der Waals surface area contributed by atoms with Crippen molar-refractivity contribution in [2.45, 2.75) is 58.3 Å². The molecule has 0 spiro atoms. The van der Waals surface area contributed by atoms with Crippen LogP contribution in [0, 0.1) is 0 Å². The van der Waals surface area contributed by atoms with E-state index in [1.807, 2.05) is 30.3 Å². The van der Waals surface area contributed by atoms with Crippen molar-refractivity contribution >= 4 is 17.9 Å². The number of ether oxygens (including phenoxy) is 4. The first kappa shape index (κ1) is 24.9. The minimum Gasteiger partial charge on any atom is -0.463 e. The zero-order chi connectivity index (χ0) is 24.8. The van der Waals surface area contributed by atoms with Crippen molar-refractivity contribution in [3.63, 3.8) is 0 Å². The van der Waals surface area contributed by atoms with Gasteiger partial charge >= 0.3 is 23.6 Å². The molecule has 182 valence electrons. The van der Waals surface area contributed by atoms with Gasteiger partial charge in [0.1, 0.15) is 12.7 Å². The summed E-state index contributed by atoms with van der Waals surface area (Å²) in [6, 6.07) is 10.5. The Kier molecular flexibility index (Phi) is 8.00. The lowest BCUT2D eigenvalue weighted by atomic mass is 10.1. The van der Waals surface area contributed by atoms with Gasteiger partial charge in [0.25, 0.3) is 5.56 Å². The van der Waals surface area contributed by atoms with Gasteiger partial charge in [0.15, 0.2) is 18.4 Å². The summed E-state index contributed by atoms with van der Waals surface area (Å²) in [6.45, 7) is 3.33. The SMILES string of the molecule is CC(=O)OC[C@H]1O[C@@H](n2ccc(=O)n(CCc3ccccc3)c2=O)C(OC(C)=O)C1OC(C)=O. The van der Waals surface area contributed by atoms with E-state index in [0.717, 1.165) is 28.5 Å². The van der Waals surface area contributed by atoms with E-state index in [2.05, 4.69) is 0 Å². The standard InChI is InChI=1S/C23H26N2O9/c1-14(26)31-13-18-20(32-15(2)27)21(33-16(3)28)22(34-18)25-12-10-19(29)24(23(25)30)11-9-17-7-5-4-6-8-17/h4-8,10,12,18,20-22H,9,11,13H2,1-3H3/t18-,20?,21?,22-/m1/s1. The molecule has 4 atom stereocenters. The number of carbonyl (C=O) groups is 3. The zero-order valence-electron chi connectivity index (χ0n) is 19.0. The first-order valence-electron chi connectivity index (χ1n) is 10.7. The average Bonchev–Trinajstić information content (AvgIpc) is 3.08. The number of rotatable bonds is 8. The molecule has 2 unspecified atom stereocenters. The van der Waals surface area contributed by atoms with Crippen molar-refractivity contribution in [2.75, 3.05) is 6.61 Å². The highest BCUT2D eigenvalue weighted by Crippen LogP contribution is 2.33. The van der Waals surface area contributed by atoms with Crippen molar-refractivity contribution in [3.05, 3.63) is 69.0 Å². The van der Waals surface area contributed by atoms with Crippen LogP contribution in [0.25, 0.3) is 0 Å². The summed E-state index contributed by atoms with van der Waals surface area (Å²) >= 11 is 0. The van der Waals surface area contributed by atoms with Crippen LogP contribution in [0.4, 0.5) is 0 Å². The molecule has 0 radical (unpaired) electrons. The molecule has 1 aromatic carbocycles. The van der Waals surface area contributed by atoms with E-state index in [4.69, 9.17) is 18.9 Å². The Morgan fingerprint density at radius 2 is 1.56 bits per heavy atom. The Hall–Kier alpha value is -3.73. The predicted molar refractivity (Wildman–Crippen MR) is 117 cm³/mol. The first-order chi connectivity index (χ1) is 16.2. The van der Waals surface area contributed by atoms with Crippen LogP contribution in [0.2, 0.25) is 0 Å². The van der Waals surface area contributed by atoms with E-state index in [1.54, 1.807) is 0 Å². The summed E-state index contributed by atoms with van der Waals surface area (Å²) in [4.78, 5) is 60.5. The fourth-order valence-corrected chi connectivity index (χ4v) is 3.73. The maximum absolute atomic E-state index is 13.2. The van der Waals surface area contributed by atoms with Crippen LogP contribution in [0.15, 0.2) is 52.2 Å². The molecular formula is C23H26N2O9. The topological polar surface area (TPSA) is 132 Å². The van der Waals surface area contributed by atoms with Gasteiger partial charge in [0, 0.05) is 39.6 Å². The Labute approximate surface area is 194 Å². The second-order valence-electron chi connectivity index (χ2n) is 7.75. The molecule has 1 aliphatic heterocycles. The van der Waals surface area contributed by atoms with Gasteiger partial charge in [-0.1, -0.05) is 30.3 Å². The molecule has 0 bridgehead atoms. The molecule has 0 aliphatic carbocycles. The van der Waals surface area contributed by atoms with Crippen LogP contribution in [-0.4, -0.2) is 52.0 Å². The number of carbonyl (C=O) groups excluding carboxylic acids is 3. The third kappa shape index (κ3) is 5.98. The number of hydrogen-bond donors (Lipinski definition) is 0. The molecule has 1 saturated heterocycles. The fraction of sp³-hybridized carbons (Fsp3) is 0.435. The largest absolute Gasteiger partial charge is 0.463 e. The lowest BCUT2D eigenvalue weighted by Crippen LogP contribution is -2.45. The van der Waals surface area contributed by atoms with Crippen LogP contribution in [0.3, 0.4) is 0 Å². The number of esters is 3. The van der Waals surface area contributed by atoms with Crippen molar-refractivity contribution in [2.24, 2.45) is 0 Å². The molecular weight excluding hydrogens is 448 g/mol. The summed E-state index contributed by atoms with van der Waals surface area (Å²) in [5.41, 5.74) is -0.261. The summed E-state index contributed by atoms with van der Waals surface area (Å²) in [6.07, 6.45) is -2.96. The third-order valence-electron chi connectivity index (χ3n) is 5.18. The second-order valence-corrected chi connectivity index (χ2v) is 7.75. The van der Waals surface area contributed by atoms with E-state index in [0.29, 0.717) is 6.42 Å². The second kappa shape index (κ2) is 10.9. The van der Waals surface area contributed by atoms with Crippen LogP contribution < -0.4 is 11.2 Å². The maximum atomic E-state index is 13.2. The van der Waals surface area contributed by atoms with E-state index in [1.165, 1.54) is 19.2 Å². The number of nitrogens with zero attached hydrogens (tertiary/aromatic N) is 2. The summed E-state index contributed by atoms with van der Waals surface area (Å²) < 4.78 is 23.7. The lowest BCUT2D eigenvalue weighted by molar-refractivity contribution is -0.166. The molecule has 11 nitrogen and oxygen atoms in total.